The first-order chi connectivity index (χ1) is 31.7. The molecule has 64 heavy (non-hydrogen) atoms. The Morgan fingerprint density at radius 1 is 0.406 bits per heavy atom. The monoisotopic (exact) mass is 829 g/mol. The lowest BCUT2D eigenvalue weighted by Crippen LogP contribution is -2.34. The lowest BCUT2D eigenvalue weighted by atomic mass is 9.64. The number of para-hydroxylation sites is 4. The molecule has 3 atom stereocenters. The molecule has 3 nitrogen and oxygen atoms in total. The van der Waals surface area contributed by atoms with E-state index >= 15 is 0 Å². The van der Waals surface area contributed by atoms with Crippen LogP contribution in [0.1, 0.15) is 80.4 Å². The molecule has 3 unspecified atom stereocenters. The molecule has 9 aromatic rings. The van der Waals surface area contributed by atoms with Gasteiger partial charge in [-0.05, 0) is 158 Å². The summed E-state index contributed by atoms with van der Waals surface area (Å²) in [4.78, 5) is 4.87. The van der Waals surface area contributed by atoms with Crippen molar-refractivity contribution in [2.45, 2.75) is 69.1 Å². The van der Waals surface area contributed by atoms with Crippen LogP contribution in [0.3, 0.4) is 0 Å². The minimum absolute atomic E-state index is 0.00763. The van der Waals surface area contributed by atoms with Gasteiger partial charge >= 0.3 is 0 Å². The summed E-state index contributed by atoms with van der Waals surface area (Å²) >= 11 is 0. The van der Waals surface area contributed by atoms with Crippen molar-refractivity contribution >= 4 is 55.9 Å². The molecular formula is C61H55N3. The second-order valence-corrected chi connectivity index (χ2v) is 18.8. The van der Waals surface area contributed by atoms with E-state index in [-0.39, 0.29) is 5.41 Å². The van der Waals surface area contributed by atoms with Crippen molar-refractivity contribution in [1.29, 1.82) is 0 Å². The topological polar surface area (TPSA) is 11.4 Å². The first kappa shape index (κ1) is 38.8. The van der Waals surface area contributed by atoms with Gasteiger partial charge in [0.15, 0.2) is 0 Å². The normalized spacial score (nSPS) is 19.6. The number of hydrogen-bond donors (Lipinski definition) is 0. The van der Waals surface area contributed by atoms with E-state index in [9.17, 15) is 0 Å². The van der Waals surface area contributed by atoms with Crippen LogP contribution < -0.4 is 9.80 Å². The number of fused-ring (bicyclic) bond motifs is 5. The fourth-order valence-corrected chi connectivity index (χ4v) is 12.4. The van der Waals surface area contributed by atoms with Crippen molar-refractivity contribution < 1.29 is 0 Å². The molecule has 1 aromatic heterocycles. The molecule has 0 spiro atoms. The Morgan fingerprint density at radius 3 is 1.48 bits per heavy atom. The zero-order chi connectivity index (χ0) is 42.5. The summed E-state index contributed by atoms with van der Waals surface area (Å²) in [7, 11) is 0. The predicted molar refractivity (Wildman–Crippen MR) is 269 cm³/mol. The van der Waals surface area contributed by atoms with Crippen LogP contribution in [0.5, 0.6) is 0 Å². The molecular weight excluding hydrogens is 775 g/mol. The summed E-state index contributed by atoms with van der Waals surface area (Å²) in [5.41, 5.74) is 15.0. The van der Waals surface area contributed by atoms with E-state index in [1.54, 1.807) is 0 Å². The fourth-order valence-electron chi connectivity index (χ4n) is 12.4. The maximum atomic E-state index is 2.47. The van der Waals surface area contributed by atoms with E-state index in [2.05, 4.69) is 221 Å². The minimum Gasteiger partial charge on any atom is -0.311 e. The Labute approximate surface area is 378 Å². The first-order valence-electron chi connectivity index (χ1n) is 23.8. The number of anilines is 6. The second kappa shape index (κ2) is 16.4. The van der Waals surface area contributed by atoms with Crippen molar-refractivity contribution in [2.24, 2.45) is 11.8 Å². The predicted octanol–water partition coefficient (Wildman–Crippen LogP) is 16.9. The van der Waals surface area contributed by atoms with E-state index in [4.69, 9.17) is 0 Å². The number of rotatable bonds is 10. The summed E-state index contributed by atoms with van der Waals surface area (Å²) in [6.07, 6.45) is 11.9. The van der Waals surface area contributed by atoms with Crippen LogP contribution in [-0.2, 0) is 5.41 Å². The molecule has 314 valence electrons. The van der Waals surface area contributed by atoms with Gasteiger partial charge in [0.1, 0.15) is 0 Å². The highest BCUT2D eigenvalue weighted by Crippen LogP contribution is 2.60. The van der Waals surface area contributed by atoms with Crippen molar-refractivity contribution in [3.63, 3.8) is 0 Å². The molecule has 3 fully saturated rings. The van der Waals surface area contributed by atoms with E-state index in [1.807, 2.05) is 0 Å². The summed E-state index contributed by atoms with van der Waals surface area (Å²) < 4.78 is 2.41. The Bertz CT molecular complexity index is 3020. The smallest absolute Gasteiger partial charge is 0.0561 e. The Balaban J connectivity index is 0.915. The maximum Gasteiger partial charge on any atom is 0.0561 e. The van der Waals surface area contributed by atoms with Crippen molar-refractivity contribution in [3.8, 4) is 5.69 Å². The average Bonchev–Trinajstić information content (AvgIpc) is 4.09. The third-order valence-corrected chi connectivity index (χ3v) is 15.3. The van der Waals surface area contributed by atoms with Gasteiger partial charge in [0.25, 0.3) is 0 Å². The van der Waals surface area contributed by atoms with Gasteiger partial charge in [-0.25, -0.2) is 0 Å². The third-order valence-electron chi connectivity index (χ3n) is 15.3. The summed E-state index contributed by atoms with van der Waals surface area (Å²) in [5.74, 6) is 2.11. The number of nitrogens with zero attached hydrogens (tertiary/aromatic N) is 3. The lowest BCUT2D eigenvalue weighted by Gasteiger charge is -2.40. The Morgan fingerprint density at radius 2 is 0.906 bits per heavy atom. The molecule has 12 rings (SSSR count). The molecule has 2 bridgehead atoms. The van der Waals surface area contributed by atoms with Crippen LogP contribution in [0.2, 0.25) is 0 Å². The molecule has 0 saturated heterocycles. The average molecular weight is 830 g/mol. The van der Waals surface area contributed by atoms with Crippen molar-refractivity contribution in [3.05, 3.63) is 223 Å². The summed E-state index contributed by atoms with van der Waals surface area (Å²) in [5, 5.41) is 2.53. The second-order valence-electron chi connectivity index (χ2n) is 18.8. The van der Waals surface area contributed by atoms with Gasteiger partial charge in [-0.1, -0.05) is 141 Å². The highest BCUT2D eigenvalue weighted by atomic mass is 15.1. The maximum absolute atomic E-state index is 2.47. The molecule has 0 amide bonds. The van der Waals surface area contributed by atoms with Gasteiger partial charge < -0.3 is 14.4 Å². The van der Waals surface area contributed by atoms with Crippen LogP contribution in [0.25, 0.3) is 27.5 Å². The summed E-state index contributed by atoms with van der Waals surface area (Å²) in [6.45, 7) is 0. The van der Waals surface area contributed by atoms with Gasteiger partial charge in [-0.15, -0.1) is 0 Å². The zero-order valence-electron chi connectivity index (χ0n) is 36.6. The van der Waals surface area contributed by atoms with E-state index in [0.29, 0.717) is 11.8 Å². The first-order valence-corrected chi connectivity index (χ1v) is 23.8. The standard InChI is InChI=1S/C61H55N3/c1-5-15-45(16-6-1)46-26-33-53(34-27-46)62(50-17-7-2-8-18-50)54-35-29-47(30-36-54)61(43-44-25-28-49(61)41-44)48-31-37-55(38-32-48)63(51-19-9-3-10-20-51)56-39-40-58-57-23-13-14-24-59(57)64(60(58)42-56)52-21-11-4-12-22-52/h2-4,7-14,17-24,26-27,29-40,42,44-45,49H,1,5-6,15-16,25,28,41,43H2. The van der Waals surface area contributed by atoms with Crippen LogP contribution in [0, 0.1) is 11.8 Å². The largest absolute Gasteiger partial charge is 0.311 e. The Hall–Kier alpha value is -6.84. The van der Waals surface area contributed by atoms with Crippen LogP contribution in [0.15, 0.2) is 206 Å². The fraction of sp³-hybridized carbons (Fsp3) is 0.213. The summed E-state index contributed by atoms with van der Waals surface area (Å²) in [6, 6.07) is 77.2. The molecule has 0 radical (unpaired) electrons. The lowest BCUT2D eigenvalue weighted by molar-refractivity contribution is 0.320. The highest BCUT2D eigenvalue weighted by Gasteiger charge is 2.52. The molecule has 3 heteroatoms. The zero-order valence-corrected chi connectivity index (χ0v) is 36.6. The number of benzene rings is 8. The van der Waals surface area contributed by atoms with E-state index in [1.165, 1.54) is 125 Å². The van der Waals surface area contributed by atoms with Gasteiger partial charge in [-0.2, -0.15) is 0 Å². The molecule has 0 N–H and O–H groups in total. The minimum atomic E-state index is -0.00763. The molecule has 3 saturated carbocycles. The third kappa shape index (κ3) is 6.72. The quantitative estimate of drug-likeness (QED) is 0.136. The number of aromatic nitrogens is 1. The molecule has 0 aliphatic heterocycles. The Kier molecular flexibility index (Phi) is 9.93. The van der Waals surface area contributed by atoms with Gasteiger partial charge in [0.2, 0.25) is 0 Å². The van der Waals surface area contributed by atoms with Crippen LogP contribution in [0.4, 0.5) is 34.1 Å². The highest BCUT2D eigenvalue weighted by molar-refractivity contribution is 6.10. The van der Waals surface area contributed by atoms with Gasteiger partial charge in [0, 0.05) is 56.0 Å². The van der Waals surface area contributed by atoms with E-state index in [0.717, 1.165) is 17.3 Å². The van der Waals surface area contributed by atoms with E-state index < -0.39 is 0 Å². The van der Waals surface area contributed by atoms with Crippen molar-refractivity contribution in [1.82, 2.24) is 4.57 Å². The van der Waals surface area contributed by atoms with Crippen LogP contribution >= 0.6 is 0 Å². The van der Waals surface area contributed by atoms with Crippen LogP contribution in [-0.4, -0.2) is 4.57 Å². The number of hydrogen-bond acceptors (Lipinski definition) is 2. The van der Waals surface area contributed by atoms with Gasteiger partial charge in [0.05, 0.1) is 11.0 Å². The molecule has 3 aliphatic rings. The SMILES string of the molecule is c1ccc(N(c2ccc(C3CCCCC3)cc2)c2ccc(C3(c4ccc(N(c5ccccc5)c5ccc6c7ccccc7n(-c7ccccc7)c6c5)cc4)CC4CCC3C4)cc2)cc1. The molecule has 1 heterocycles. The van der Waals surface area contributed by atoms with Crippen molar-refractivity contribution in [2.75, 3.05) is 9.80 Å². The molecule has 3 aliphatic carbocycles. The molecule has 8 aromatic carbocycles. The van der Waals surface area contributed by atoms with Gasteiger partial charge in [-0.3, -0.25) is 0 Å².